The van der Waals surface area contributed by atoms with Crippen molar-refractivity contribution in [2.24, 2.45) is 0 Å². The average molecular weight is 241 g/mol. The van der Waals surface area contributed by atoms with Crippen LogP contribution < -0.4 is 5.32 Å². The Labute approximate surface area is 103 Å². The first kappa shape index (κ1) is 14.1. The second kappa shape index (κ2) is 6.71. The first-order valence-electron chi connectivity index (χ1n) is 6.19. The Morgan fingerprint density at radius 3 is 2.65 bits per heavy atom. The number of hydrogen-bond donors (Lipinski definition) is 1. The summed E-state index contributed by atoms with van der Waals surface area (Å²) in [6.07, 6.45) is 0.992. The molecule has 1 heterocycles. The zero-order chi connectivity index (χ0) is 12.8. The first-order chi connectivity index (χ1) is 8.10. The minimum Gasteiger partial charge on any atom is -0.374 e. The molecular weight excluding hydrogens is 218 g/mol. The topological polar surface area (TPSA) is 60.2 Å². The molecule has 0 aromatic carbocycles. The minimum absolute atomic E-state index is 0.126. The zero-order valence-corrected chi connectivity index (χ0v) is 11.4. The van der Waals surface area contributed by atoms with E-state index in [1.165, 1.54) is 0 Å². The van der Waals surface area contributed by atoms with Gasteiger partial charge in [0.05, 0.1) is 5.92 Å². The lowest BCUT2D eigenvalue weighted by atomic mass is 10.0. The van der Waals surface area contributed by atoms with Crippen molar-refractivity contribution in [1.82, 2.24) is 15.5 Å². The predicted octanol–water partition coefficient (Wildman–Crippen LogP) is 2.27. The number of hydrogen-bond acceptors (Lipinski definition) is 5. The van der Waals surface area contributed by atoms with E-state index in [2.05, 4.69) is 36.2 Å². The largest absolute Gasteiger partial charge is 0.374 e. The van der Waals surface area contributed by atoms with E-state index in [-0.39, 0.29) is 12.0 Å². The number of methoxy groups -OCH3 is 1. The van der Waals surface area contributed by atoms with Crippen molar-refractivity contribution in [3.8, 4) is 0 Å². The van der Waals surface area contributed by atoms with Crippen molar-refractivity contribution in [2.75, 3.05) is 13.7 Å². The molecule has 0 aliphatic carbocycles. The Morgan fingerprint density at radius 1 is 1.35 bits per heavy atom. The highest BCUT2D eigenvalue weighted by Gasteiger charge is 2.21. The van der Waals surface area contributed by atoms with Crippen molar-refractivity contribution in [1.29, 1.82) is 0 Å². The molecule has 5 nitrogen and oxygen atoms in total. The van der Waals surface area contributed by atoms with Gasteiger partial charge >= 0.3 is 0 Å². The minimum atomic E-state index is -0.126. The van der Waals surface area contributed by atoms with Crippen LogP contribution in [0.15, 0.2) is 4.52 Å². The highest BCUT2D eigenvalue weighted by molar-refractivity contribution is 4.97. The monoisotopic (exact) mass is 241 g/mol. The summed E-state index contributed by atoms with van der Waals surface area (Å²) in [5.41, 5.74) is 0. The number of nitrogens with one attached hydrogen (secondary N) is 1. The summed E-state index contributed by atoms with van der Waals surface area (Å²) in [4.78, 5) is 4.37. The SMILES string of the molecule is CCCNC(C)C(C)c1nc(C(C)OC)no1. The van der Waals surface area contributed by atoms with E-state index < -0.39 is 0 Å². The van der Waals surface area contributed by atoms with Gasteiger partial charge in [-0.2, -0.15) is 4.98 Å². The maximum Gasteiger partial charge on any atom is 0.231 e. The summed E-state index contributed by atoms with van der Waals surface area (Å²) in [5.74, 6) is 1.48. The quantitative estimate of drug-likeness (QED) is 0.793. The molecule has 0 fully saturated rings. The molecule has 1 aromatic heterocycles. The molecule has 98 valence electrons. The van der Waals surface area contributed by atoms with Crippen LogP contribution in [0.5, 0.6) is 0 Å². The predicted molar refractivity (Wildman–Crippen MR) is 65.9 cm³/mol. The molecule has 0 aliphatic rings. The molecule has 1 aromatic rings. The van der Waals surface area contributed by atoms with Crippen LogP contribution in [0.1, 0.15) is 57.9 Å². The van der Waals surface area contributed by atoms with Crippen molar-refractivity contribution < 1.29 is 9.26 Å². The summed E-state index contributed by atoms with van der Waals surface area (Å²) in [6.45, 7) is 9.26. The summed E-state index contributed by atoms with van der Waals surface area (Å²) >= 11 is 0. The standard InChI is InChI=1S/C12H23N3O2/c1-6-7-13-9(3)8(2)12-14-11(15-17-12)10(4)16-5/h8-10,13H,6-7H2,1-5H3. The van der Waals surface area contributed by atoms with Gasteiger partial charge < -0.3 is 14.6 Å². The summed E-state index contributed by atoms with van der Waals surface area (Å²) < 4.78 is 10.4. The molecule has 0 aliphatic heterocycles. The van der Waals surface area contributed by atoms with Crippen molar-refractivity contribution in [3.63, 3.8) is 0 Å². The Kier molecular flexibility index (Phi) is 5.58. The van der Waals surface area contributed by atoms with Crippen LogP contribution in [0.25, 0.3) is 0 Å². The van der Waals surface area contributed by atoms with Gasteiger partial charge in [-0.25, -0.2) is 0 Å². The summed E-state index contributed by atoms with van der Waals surface area (Å²) in [7, 11) is 1.63. The molecule has 0 saturated heterocycles. The molecular formula is C12H23N3O2. The molecule has 1 rings (SSSR count). The van der Waals surface area contributed by atoms with Crippen LogP contribution >= 0.6 is 0 Å². The maximum atomic E-state index is 5.27. The normalized spacial score (nSPS) is 16.8. The van der Waals surface area contributed by atoms with E-state index in [1.807, 2.05) is 6.92 Å². The molecule has 0 amide bonds. The summed E-state index contributed by atoms with van der Waals surface area (Å²) in [6, 6.07) is 0.320. The van der Waals surface area contributed by atoms with Gasteiger partial charge in [-0.1, -0.05) is 19.0 Å². The van der Waals surface area contributed by atoms with Gasteiger partial charge in [0.25, 0.3) is 0 Å². The van der Waals surface area contributed by atoms with Crippen LogP contribution in [-0.2, 0) is 4.74 Å². The smallest absolute Gasteiger partial charge is 0.231 e. The van der Waals surface area contributed by atoms with E-state index in [0.717, 1.165) is 13.0 Å². The van der Waals surface area contributed by atoms with E-state index >= 15 is 0 Å². The fourth-order valence-electron chi connectivity index (χ4n) is 1.47. The average Bonchev–Trinajstić information content (AvgIpc) is 2.83. The van der Waals surface area contributed by atoms with Gasteiger partial charge in [0.15, 0.2) is 5.82 Å². The zero-order valence-electron chi connectivity index (χ0n) is 11.4. The molecule has 3 unspecified atom stereocenters. The highest BCUT2D eigenvalue weighted by Crippen LogP contribution is 2.20. The molecule has 5 heteroatoms. The third kappa shape index (κ3) is 3.78. The highest BCUT2D eigenvalue weighted by atomic mass is 16.5. The van der Waals surface area contributed by atoms with Gasteiger partial charge in [0.2, 0.25) is 5.89 Å². The van der Waals surface area contributed by atoms with Crippen molar-refractivity contribution in [3.05, 3.63) is 11.7 Å². The molecule has 17 heavy (non-hydrogen) atoms. The van der Waals surface area contributed by atoms with Crippen LogP contribution in [0.2, 0.25) is 0 Å². The van der Waals surface area contributed by atoms with Crippen LogP contribution in [0, 0.1) is 0 Å². The van der Waals surface area contributed by atoms with E-state index in [9.17, 15) is 0 Å². The Morgan fingerprint density at radius 2 is 2.06 bits per heavy atom. The van der Waals surface area contributed by atoms with Crippen LogP contribution in [0.3, 0.4) is 0 Å². The lowest BCUT2D eigenvalue weighted by Gasteiger charge is -2.17. The van der Waals surface area contributed by atoms with Gasteiger partial charge in [-0.05, 0) is 26.8 Å². The Balaban J connectivity index is 2.62. The third-order valence-electron chi connectivity index (χ3n) is 3.03. The number of aromatic nitrogens is 2. The van der Waals surface area contributed by atoms with Gasteiger partial charge in [0.1, 0.15) is 6.10 Å². The fourth-order valence-corrected chi connectivity index (χ4v) is 1.47. The van der Waals surface area contributed by atoms with Gasteiger partial charge in [0, 0.05) is 13.2 Å². The van der Waals surface area contributed by atoms with E-state index in [4.69, 9.17) is 9.26 Å². The van der Waals surface area contributed by atoms with E-state index in [0.29, 0.717) is 17.8 Å². The number of ether oxygens (including phenoxy) is 1. The second-order valence-corrected chi connectivity index (χ2v) is 4.40. The molecule has 0 spiro atoms. The molecule has 0 bridgehead atoms. The number of nitrogens with zero attached hydrogens (tertiary/aromatic N) is 2. The van der Waals surface area contributed by atoms with Crippen LogP contribution in [-0.4, -0.2) is 29.8 Å². The van der Waals surface area contributed by atoms with Gasteiger partial charge in [-0.15, -0.1) is 0 Å². The van der Waals surface area contributed by atoms with Crippen molar-refractivity contribution in [2.45, 2.75) is 52.2 Å². The third-order valence-corrected chi connectivity index (χ3v) is 3.03. The lowest BCUT2D eigenvalue weighted by Crippen LogP contribution is -2.31. The Hall–Kier alpha value is -0.940. The second-order valence-electron chi connectivity index (χ2n) is 4.40. The maximum absolute atomic E-state index is 5.27. The summed E-state index contributed by atoms with van der Waals surface area (Å²) in [5, 5.41) is 7.36. The molecule has 0 radical (unpaired) electrons. The first-order valence-corrected chi connectivity index (χ1v) is 6.19. The van der Waals surface area contributed by atoms with Crippen LogP contribution in [0.4, 0.5) is 0 Å². The molecule has 3 atom stereocenters. The molecule has 1 N–H and O–H groups in total. The lowest BCUT2D eigenvalue weighted by molar-refractivity contribution is 0.109. The van der Waals surface area contributed by atoms with Crippen molar-refractivity contribution >= 4 is 0 Å². The van der Waals surface area contributed by atoms with Gasteiger partial charge in [-0.3, -0.25) is 0 Å². The molecule has 0 saturated carbocycles. The van der Waals surface area contributed by atoms with E-state index in [1.54, 1.807) is 7.11 Å². The fraction of sp³-hybridized carbons (Fsp3) is 0.833. The number of rotatable bonds is 7. The Bertz CT molecular complexity index is 327.